The summed E-state index contributed by atoms with van der Waals surface area (Å²) in [6.45, 7) is 6.61. The summed E-state index contributed by atoms with van der Waals surface area (Å²) in [6, 6.07) is 5.21. The van der Waals surface area contributed by atoms with Gasteiger partial charge in [-0.05, 0) is 44.0 Å². The van der Waals surface area contributed by atoms with E-state index >= 15 is 0 Å². The highest BCUT2D eigenvalue weighted by Crippen LogP contribution is 2.25. The second-order valence-electron chi connectivity index (χ2n) is 7.40. The van der Waals surface area contributed by atoms with Gasteiger partial charge in [0.2, 0.25) is 5.91 Å². The largest absolute Gasteiger partial charge is 0.507 e. The topological polar surface area (TPSA) is 64.1 Å². The number of hydrogen-bond acceptors (Lipinski definition) is 4. The minimum absolute atomic E-state index is 0.0121. The minimum Gasteiger partial charge on any atom is -0.507 e. The van der Waals surface area contributed by atoms with Crippen molar-refractivity contribution in [1.82, 2.24) is 14.7 Å². The average molecular weight is 359 g/mol. The van der Waals surface area contributed by atoms with E-state index in [9.17, 15) is 14.7 Å². The monoisotopic (exact) mass is 359 g/mol. The number of hydrogen-bond donors (Lipinski definition) is 1. The maximum absolute atomic E-state index is 12.8. The van der Waals surface area contributed by atoms with Crippen LogP contribution in [0.4, 0.5) is 0 Å². The van der Waals surface area contributed by atoms with E-state index in [1.165, 1.54) is 0 Å². The van der Waals surface area contributed by atoms with Crippen LogP contribution in [-0.2, 0) is 11.2 Å². The number of carbonyl (C=O) groups excluding carboxylic acids is 2. The Balaban J connectivity index is 1.58. The first kappa shape index (κ1) is 18.7. The van der Waals surface area contributed by atoms with Crippen molar-refractivity contribution in [2.45, 2.75) is 26.2 Å². The summed E-state index contributed by atoms with van der Waals surface area (Å²) in [4.78, 5) is 31.5. The van der Waals surface area contributed by atoms with E-state index in [1.54, 1.807) is 17.0 Å². The third-order valence-electron chi connectivity index (χ3n) is 5.65. The van der Waals surface area contributed by atoms with Crippen LogP contribution in [-0.4, -0.2) is 77.9 Å². The van der Waals surface area contributed by atoms with Gasteiger partial charge in [-0.25, -0.2) is 0 Å². The molecule has 2 fully saturated rings. The number of phenols is 1. The summed E-state index contributed by atoms with van der Waals surface area (Å²) in [5.41, 5.74) is 1.40. The number of amides is 2. The second kappa shape index (κ2) is 8.08. The predicted octanol–water partition coefficient (Wildman–Crippen LogP) is 1.58. The molecule has 142 valence electrons. The predicted molar refractivity (Wildman–Crippen MR) is 100 cm³/mol. The molecule has 6 heteroatoms. The Kier molecular flexibility index (Phi) is 5.81. The molecule has 1 aromatic carbocycles. The van der Waals surface area contributed by atoms with E-state index in [-0.39, 0.29) is 23.5 Å². The van der Waals surface area contributed by atoms with Gasteiger partial charge in [0.1, 0.15) is 5.75 Å². The summed E-state index contributed by atoms with van der Waals surface area (Å²) < 4.78 is 0. The first-order valence-electron chi connectivity index (χ1n) is 9.58. The van der Waals surface area contributed by atoms with Gasteiger partial charge in [-0.2, -0.15) is 0 Å². The third-order valence-corrected chi connectivity index (χ3v) is 5.65. The zero-order valence-corrected chi connectivity index (χ0v) is 15.8. The molecule has 2 saturated heterocycles. The molecule has 1 N–H and O–H groups in total. The SMILES string of the molecule is CCc1ccc(O)c(C(=O)N2CCC(C(=O)N3CCN(C)CC3)CC2)c1. The maximum Gasteiger partial charge on any atom is 0.257 e. The molecule has 0 bridgehead atoms. The highest BCUT2D eigenvalue weighted by atomic mass is 16.3. The van der Waals surface area contributed by atoms with Crippen LogP contribution in [0.2, 0.25) is 0 Å². The zero-order chi connectivity index (χ0) is 18.7. The lowest BCUT2D eigenvalue weighted by atomic mass is 9.94. The van der Waals surface area contributed by atoms with E-state index in [0.717, 1.165) is 38.2 Å². The number of benzene rings is 1. The Hall–Kier alpha value is -2.08. The van der Waals surface area contributed by atoms with Crippen molar-refractivity contribution in [2.24, 2.45) is 5.92 Å². The molecule has 0 aliphatic carbocycles. The van der Waals surface area contributed by atoms with Crippen LogP contribution in [0.1, 0.15) is 35.7 Å². The highest BCUT2D eigenvalue weighted by molar-refractivity contribution is 5.97. The van der Waals surface area contributed by atoms with E-state index in [0.29, 0.717) is 31.5 Å². The number of piperidine rings is 1. The fraction of sp³-hybridized carbons (Fsp3) is 0.600. The summed E-state index contributed by atoms with van der Waals surface area (Å²) in [7, 11) is 2.08. The summed E-state index contributed by atoms with van der Waals surface area (Å²) >= 11 is 0. The smallest absolute Gasteiger partial charge is 0.257 e. The molecular formula is C20H29N3O3. The summed E-state index contributed by atoms with van der Waals surface area (Å²) in [5.74, 6) is 0.144. The molecule has 0 saturated carbocycles. The van der Waals surface area contributed by atoms with E-state index in [2.05, 4.69) is 11.9 Å². The number of likely N-dealkylation sites (N-methyl/N-ethyl adjacent to an activating group) is 1. The molecule has 2 aliphatic rings. The van der Waals surface area contributed by atoms with Crippen LogP contribution in [0.3, 0.4) is 0 Å². The molecular weight excluding hydrogens is 330 g/mol. The number of carbonyl (C=O) groups is 2. The van der Waals surface area contributed by atoms with Crippen LogP contribution in [0.15, 0.2) is 18.2 Å². The van der Waals surface area contributed by atoms with Crippen LogP contribution in [0.25, 0.3) is 0 Å². The molecule has 0 spiro atoms. The van der Waals surface area contributed by atoms with Crippen molar-refractivity contribution >= 4 is 11.8 Å². The Morgan fingerprint density at radius 2 is 1.69 bits per heavy atom. The second-order valence-corrected chi connectivity index (χ2v) is 7.40. The van der Waals surface area contributed by atoms with Crippen molar-refractivity contribution in [3.8, 4) is 5.75 Å². The van der Waals surface area contributed by atoms with Crippen LogP contribution < -0.4 is 0 Å². The lowest BCUT2D eigenvalue weighted by Crippen LogP contribution is -2.51. The van der Waals surface area contributed by atoms with Crippen molar-refractivity contribution < 1.29 is 14.7 Å². The Morgan fingerprint density at radius 3 is 2.31 bits per heavy atom. The molecule has 2 amide bonds. The highest BCUT2D eigenvalue weighted by Gasteiger charge is 2.32. The Morgan fingerprint density at radius 1 is 1.04 bits per heavy atom. The molecule has 0 aromatic heterocycles. The van der Waals surface area contributed by atoms with E-state index in [1.807, 2.05) is 17.9 Å². The molecule has 6 nitrogen and oxygen atoms in total. The normalized spacial score (nSPS) is 19.6. The number of likely N-dealkylation sites (tertiary alicyclic amines) is 1. The van der Waals surface area contributed by atoms with Crippen molar-refractivity contribution in [3.63, 3.8) is 0 Å². The number of piperazine rings is 1. The van der Waals surface area contributed by atoms with Gasteiger partial charge in [0.25, 0.3) is 5.91 Å². The van der Waals surface area contributed by atoms with Crippen molar-refractivity contribution in [1.29, 1.82) is 0 Å². The molecule has 0 radical (unpaired) electrons. The zero-order valence-electron chi connectivity index (χ0n) is 15.8. The molecule has 2 aliphatic heterocycles. The lowest BCUT2D eigenvalue weighted by Gasteiger charge is -2.37. The first-order chi connectivity index (χ1) is 12.5. The van der Waals surface area contributed by atoms with Crippen LogP contribution in [0.5, 0.6) is 5.75 Å². The number of aromatic hydroxyl groups is 1. The van der Waals surface area contributed by atoms with Gasteiger partial charge >= 0.3 is 0 Å². The fourth-order valence-electron chi connectivity index (χ4n) is 3.76. The molecule has 0 atom stereocenters. The third kappa shape index (κ3) is 4.01. The van der Waals surface area contributed by atoms with E-state index < -0.39 is 0 Å². The fourth-order valence-corrected chi connectivity index (χ4v) is 3.76. The Labute approximate surface area is 155 Å². The van der Waals surface area contributed by atoms with E-state index in [4.69, 9.17) is 0 Å². The van der Waals surface area contributed by atoms with Gasteiger partial charge < -0.3 is 19.8 Å². The maximum atomic E-state index is 12.8. The summed E-state index contributed by atoms with van der Waals surface area (Å²) in [6.07, 6.45) is 2.22. The number of phenolic OH excluding ortho intramolecular Hbond substituents is 1. The van der Waals surface area contributed by atoms with Gasteiger partial charge in [-0.1, -0.05) is 13.0 Å². The molecule has 2 heterocycles. The van der Waals surface area contributed by atoms with Gasteiger partial charge in [0, 0.05) is 45.2 Å². The quantitative estimate of drug-likeness (QED) is 0.890. The molecule has 3 rings (SSSR count). The lowest BCUT2D eigenvalue weighted by molar-refractivity contribution is -0.138. The number of nitrogens with zero attached hydrogens (tertiary/aromatic N) is 3. The Bertz CT molecular complexity index is 660. The van der Waals surface area contributed by atoms with Gasteiger partial charge in [-0.15, -0.1) is 0 Å². The molecule has 26 heavy (non-hydrogen) atoms. The average Bonchev–Trinajstić information content (AvgIpc) is 2.68. The summed E-state index contributed by atoms with van der Waals surface area (Å²) in [5, 5.41) is 10.1. The number of aryl methyl sites for hydroxylation is 1. The minimum atomic E-state index is -0.136. The molecule has 1 aromatic rings. The van der Waals surface area contributed by atoms with Gasteiger partial charge in [-0.3, -0.25) is 9.59 Å². The van der Waals surface area contributed by atoms with Crippen LogP contribution in [0, 0.1) is 5.92 Å². The number of rotatable bonds is 3. The van der Waals surface area contributed by atoms with Crippen LogP contribution >= 0.6 is 0 Å². The molecule has 0 unspecified atom stereocenters. The first-order valence-corrected chi connectivity index (χ1v) is 9.58. The van der Waals surface area contributed by atoms with Crippen molar-refractivity contribution in [2.75, 3.05) is 46.3 Å². The van der Waals surface area contributed by atoms with Crippen molar-refractivity contribution in [3.05, 3.63) is 29.3 Å². The van der Waals surface area contributed by atoms with Gasteiger partial charge in [0.15, 0.2) is 0 Å². The van der Waals surface area contributed by atoms with Gasteiger partial charge in [0.05, 0.1) is 5.56 Å². The standard InChI is InChI=1S/C20H29N3O3/c1-3-15-4-5-18(24)17(14-15)20(26)22-8-6-16(7-9-22)19(25)23-12-10-21(2)11-13-23/h4-5,14,16,24H,3,6-13H2,1-2H3.